The van der Waals surface area contributed by atoms with Gasteiger partial charge in [-0.1, -0.05) is 35.0 Å². The van der Waals surface area contributed by atoms with Crippen LogP contribution in [0, 0.1) is 0 Å². The molecule has 88 valence electrons. The maximum absolute atomic E-state index is 11.7. The number of nitrogens with one attached hydrogen (secondary N) is 1. The zero-order chi connectivity index (χ0) is 12.0. The summed E-state index contributed by atoms with van der Waals surface area (Å²) in [5.41, 5.74) is 1.06. The van der Waals surface area contributed by atoms with Crippen LogP contribution in [0.1, 0.15) is 25.8 Å². The molecule has 0 amide bonds. The van der Waals surface area contributed by atoms with Gasteiger partial charge in [-0.3, -0.25) is 4.79 Å². The van der Waals surface area contributed by atoms with Crippen LogP contribution < -0.4 is 5.32 Å². The Morgan fingerprint density at radius 1 is 1.50 bits per heavy atom. The molecular weight excluding hydrogens is 266 g/mol. The Morgan fingerprint density at radius 3 is 2.88 bits per heavy atom. The van der Waals surface area contributed by atoms with Crippen LogP contribution in [0.3, 0.4) is 0 Å². The van der Waals surface area contributed by atoms with Gasteiger partial charge in [0, 0.05) is 16.9 Å². The van der Waals surface area contributed by atoms with Gasteiger partial charge in [0.2, 0.25) is 0 Å². The van der Waals surface area contributed by atoms with Crippen molar-refractivity contribution in [2.45, 2.75) is 32.7 Å². The number of hydrogen-bond donors (Lipinski definition) is 1. The van der Waals surface area contributed by atoms with Crippen LogP contribution in [0.4, 0.5) is 0 Å². The van der Waals surface area contributed by atoms with E-state index >= 15 is 0 Å². The van der Waals surface area contributed by atoms with E-state index in [0.717, 1.165) is 16.5 Å². The summed E-state index contributed by atoms with van der Waals surface area (Å²) in [6, 6.07) is 8.29. The molecule has 0 aliphatic rings. The average Bonchev–Trinajstić information content (AvgIpc) is 2.26. The summed E-state index contributed by atoms with van der Waals surface area (Å²) in [5.74, 6) is 0.235. The molecule has 0 heterocycles. The third-order valence-corrected chi connectivity index (χ3v) is 3.04. The van der Waals surface area contributed by atoms with Crippen LogP contribution in [-0.4, -0.2) is 18.4 Å². The number of Topliss-reactive ketones (excluding diaryl/α,β-unsaturated/α-hetero) is 1. The zero-order valence-corrected chi connectivity index (χ0v) is 11.4. The Morgan fingerprint density at radius 2 is 2.25 bits per heavy atom. The molecule has 16 heavy (non-hydrogen) atoms. The summed E-state index contributed by atoms with van der Waals surface area (Å²) in [6.45, 7) is 4.66. The molecule has 0 saturated carbocycles. The van der Waals surface area contributed by atoms with E-state index in [1.54, 1.807) is 0 Å². The van der Waals surface area contributed by atoms with Gasteiger partial charge in [0.05, 0.1) is 6.54 Å². The zero-order valence-electron chi connectivity index (χ0n) is 9.79. The van der Waals surface area contributed by atoms with Crippen molar-refractivity contribution in [2.24, 2.45) is 0 Å². The SMILES string of the molecule is CCC(C)NCC(=O)Cc1cccc(Br)c1. The number of rotatable bonds is 6. The van der Waals surface area contributed by atoms with Crippen LogP contribution >= 0.6 is 15.9 Å². The first-order valence-corrected chi connectivity index (χ1v) is 6.40. The molecule has 0 saturated heterocycles. The smallest absolute Gasteiger partial charge is 0.150 e. The van der Waals surface area contributed by atoms with Crippen molar-refractivity contribution < 1.29 is 4.79 Å². The van der Waals surface area contributed by atoms with E-state index in [0.29, 0.717) is 19.0 Å². The number of halogens is 1. The summed E-state index contributed by atoms with van der Waals surface area (Å²) in [5, 5.41) is 3.21. The Hall–Kier alpha value is -0.670. The van der Waals surface area contributed by atoms with Crippen LogP contribution in [0.25, 0.3) is 0 Å². The summed E-state index contributed by atoms with van der Waals surface area (Å²) in [4.78, 5) is 11.7. The first-order chi connectivity index (χ1) is 7.61. The molecule has 0 bridgehead atoms. The lowest BCUT2D eigenvalue weighted by atomic mass is 10.1. The van der Waals surface area contributed by atoms with Gasteiger partial charge in [-0.15, -0.1) is 0 Å². The second kappa shape index (κ2) is 6.81. The maximum atomic E-state index is 11.7. The molecule has 0 aromatic heterocycles. The Balaban J connectivity index is 2.40. The third kappa shape index (κ3) is 4.90. The first-order valence-electron chi connectivity index (χ1n) is 5.61. The van der Waals surface area contributed by atoms with E-state index in [-0.39, 0.29) is 5.78 Å². The van der Waals surface area contributed by atoms with Gasteiger partial charge in [0.15, 0.2) is 5.78 Å². The van der Waals surface area contributed by atoms with Crippen molar-refractivity contribution in [3.05, 3.63) is 34.3 Å². The van der Waals surface area contributed by atoms with Gasteiger partial charge in [-0.05, 0) is 31.0 Å². The van der Waals surface area contributed by atoms with Gasteiger partial charge >= 0.3 is 0 Å². The minimum Gasteiger partial charge on any atom is -0.307 e. The van der Waals surface area contributed by atoms with Crippen molar-refractivity contribution >= 4 is 21.7 Å². The van der Waals surface area contributed by atoms with Gasteiger partial charge in [-0.2, -0.15) is 0 Å². The van der Waals surface area contributed by atoms with Gasteiger partial charge in [0.25, 0.3) is 0 Å². The van der Waals surface area contributed by atoms with Crippen molar-refractivity contribution in [3.8, 4) is 0 Å². The highest BCUT2D eigenvalue weighted by Crippen LogP contribution is 2.12. The highest BCUT2D eigenvalue weighted by atomic mass is 79.9. The molecular formula is C13H18BrNO. The minimum atomic E-state index is 0.235. The maximum Gasteiger partial charge on any atom is 0.150 e. The summed E-state index contributed by atoms with van der Waals surface area (Å²) >= 11 is 3.40. The summed E-state index contributed by atoms with van der Waals surface area (Å²) in [7, 11) is 0. The average molecular weight is 284 g/mol. The number of carbonyl (C=O) groups excluding carboxylic acids is 1. The van der Waals surface area contributed by atoms with Crippen molar-refractivity contribution in [1.82, 2.24) is 5.32 Å². The predicted octanol–water partition coefficient (Wildman–Crippen LogP) is 2.95. The van der Waals surface area contributed by atoms with E-state index in [1.807, 2.05) is 24.3 Å². The van der Waals surface area contributed by atoms with Crippen LogP contribution in [-0.2, 0) is 11.2 Å². The molecule has 3 heteroatoms. The summed E-state index contributed by atoms with van der Waals surface area (Å²) in [6.07, 6.45) is 1.55. The van der Waals surface area contributed by atoms with Gasteiger partial charge in [-0.25, -0.2) is 0 Å². The second-order valence-electron chi connectivity index (χ2n) is 4.04. The van der Waals surface area contributed by atoms with Crippen molar-refractivity contribution in [3.63, 3.8) is 0 Å². The van der Waals surface area contributed by atoms with Crippen LogP contribution in [0.2, 0.25) is 0 Å². The lowest BCUT2D eigenvalue weighted by molar-refractivity contribution is -0.117. The molecule has 1 N–H and O–H groups in total. The Kier molecular flexibility index (Phi) is 5.71. The molecule has 1 unspecified atom stereocenters. The van der Waals surface area contributed by atoms with Crippen LogP contribution in [0.15, 0.2) is 28.7 Å². The highest BCUT2D eigenvalue weighted by Gasteiger charge is 2.05. The quantitative estimate of drug-likeness (QED) is 0.870. The number of ketones is 1. The lowest BCUT2D eigenvalue weighted by Crippen LogP contribution is -2.31. The normalized spacial score (nSPS) is 12.4. The molecule has 1 aromatic rings. The topological polar surface area (TPSA) is 29.1 Å². The summed E-state index contributed by atoms with van der Waals surface area (Å²) < 4.78 is 1.02. The standard InChI is InChI=1S/C13H18BrNO/c1-3-10(2)15-9-13(16)8-11-5-4-6-12(14)7-11/h4-7,10,15H,3,8-9H2,1-2H3. The highest BCUT2D eigenvalue weighted by molar-refractivity contribution is 9.10. The van der Waals surface area contributed by atoms with Gasteiger partial charge < -0.3 is 5.32 Å². The van der Waals surface area contributed by atoms with Gasteiger partial charge in [0.1, 0.15) is 0 Å². The fraction of sp³-hybridized carbons (Fsp3) is 0.462. The first kappa shape index (κ1) is 13.4. The number of carbonyl (C=O) groups is 1. The molecule has 1 aromatic carbocycles. The molecule has 0 radical (unpaired) electrons. The fourth-order valence-electron chi connectivity index (χ4n) is 1.37. The molecule has 2 nitrogen and oxygen atoms in total. The van der Waals surface area contributed by atoms with E-state index < -0.39 is 0 Å². The molecule has 1 atom stereocenters. The molecule has 0 aliphatic carbocycles. The lowest BCUT2D eigenvalue weighted by Gasteiger charge is -2.10. The van der Waals surface area contributed by atoms with Crippen LogP contribution in [0.5, 0.6) is 0 Å². The van der Waals surface area contributed by atoms with E-state index in [4.69, 9.17) is 0 Å². The van der Waals surface area contributed by atoms with Crippen molar-refractivity contribution in [1.29, 1.82) is 0 Å². The molecule has 0 aliphatic heterocycles. The fourth-order valence-corrected chi connectivity index (χ4v) is 1.82. The molecule has 0 fully saturated rings. The Labute approximate surface area is 106 Å². The van der Waals surface area contributed by atoms with E-state index in [9.17, 15) is 4.79 Å². The molecule has 0 spiro atoms. The molecule has 1 rings (SSSR count). The van der Waals surface area contributed by atoms with Crippen molar-refractivity contribution in [2.75, 3.05) is 6.54 Å². The number of hydrogen-bond acceptors (Lipinski definition) is 2. The predicted molar refractivity (Wildman–Crippen MR) is 70.6 cm³/mol. The van der Waals surface area contributed by atoms with E-state index in [2.05, 4.69) is 35.1 Å². The Bertz CT molecular complexity index is 352. The number of benzene rings is 1. The minimum absolute atomic E-state index is 0.235. The largest absolute Gasteiger partial charge is 0.307 e. The van der Waals surface area contributed by atoms with E-state index in [1.165, 1.54) is 0 Å². The monoisotopic (exact) mass is 283 g/mol. The second-order valence-corrected chi connectivity index (χ2v) is 4.95. The third-order valence-electron chi connectivity index (χ3n) is 2.55.